The van der Waals surface area contributed by atoms with E-state index in [9.17, 15) is 18.0 Å². The van der Waals surface area contributed by atoms with Gasteiger partial charge in [-0.05, 0) is 55.5 Å². The van der Waals surface area contributed by atoms with Crippen LogP contribution in [-0.2, 0) is 16.1 Å². The van der Waals surface area contributed by atoms with E-state index >= 15 is 0 Å². The van der Waals surface area contributed by atoms with Gasteiger partial charge in [0.25, 0.3) is 0 Å². The van der Waals surface area contributed by atoms with Crippen LogP contribution in [0.5, 0.6) is 5.75 Å². The quantitative estimate of drug-likeness (QED) is 0.242. The summed E-state index contributed by atoms with van der Waals surface area (Å²) < 4.78 is 47.7. The second kappa shape index (κ2) is 9.78. The SMILES string of the molecule is Cc1cc(OCCCC(F)(F)F)ccc1C(=NCc1ccccc1)OC(=O)C1CC1. The fraction of sp³-hybridized carbons (Fsp3) is 0.391. The molecule has 0 spiro atoms. The lowest BCUT2D eigenvalue weighted by Gasteiger charge is -2.13. The molecule has 2 aromatic rings. The van der Waals surface area contributed by atoms with Gasteiger partial charge >= 0.3 is 12.1 Å². The van der Waals surface area contributed by atoms with Crippen molar-refractivity contribution in [2.24, 2.45) is 10.9 Å². The van der Waals surface area contributed by atoms with Gasteiger partial charge < -0.3 is 9.47 Å². The summed E-state index contributed by atoms with van der Waals surface area (Å²) in [5.74, 6) is 0.364. The number of aliphatic imine (C=N–C) groups is 1. The highest BCUT2D eigenvalue weighted by molar-refractivity contribution is 6.02. The van der Waals surface area contributed by atoms with Crippen LogP contribution in [0.2, 0.25) is 0 Å². The highest BCUT2D eigenvalue weighted by atomic mass is 19.4. The second-order valence-electron chi connectivity index (χ2n) is 7.35. The number of alkyl halides is 3. The zero-order chi connectivity index (χ0) is 21.6. The molecule has 160 valence electrons. The summed E-state index contributed by atoms with van der Waals surface area (Å²) in [4.78, 5) is 16.7. The van der Waals surface area contributed by atoms with E-state index in [4.69, 9.17) is 9.47 Å². The van der Waals surface area contributed by atoms with Gasteiger partial charge in [-0.3, -0.25) is 4.79 Å². The standard InChI is InChI=1S/C23H24F3NO3/c1-16-14-19(29-13-5-12-23(24,25)26)10-11-20(16)21(30-22(28)18-8-9-18)27-15-17-6-3-2-4-7-17/h2-4,6-7,10-11,14,18H,5,8-9,12-13,15H2,1H3. The van der Waals surface area contributed by atoms with Crippen LogP contribution in [0.3, 0.4) is 0 Å². The number of halogens is 3. The Bertz CT molecular complexity index is 890. The molecule has 0 saturated heterocycles. The van der Waals surface area contributed by atoms with Crippen LogP contribution in [0.1, 0.15) is 42.4 Å². The largest absolute Gasteiger partial charge is 0.494 e. The van der Waals surface area contributed by atoms with Crippen LogP contribution < -0.4 is 4.74 Å². The summed E-state index contributed by atoms with van der Waals surface area (Å²) >= 11 is 0. The van der Waals surface area contributed by atoms with E-state index in [1.807, 2.05) is 37.3 Å². The molecule has 1 aliphatic carbocycles. The summed E-state index contributed by atoms with van der Waals surface area (Å²) in [6.45, 7) is 2.16. The molecule has 0 atom stereocenters. The molecule has 0 heterocycles. The zero-order valence-electron chi connectivity index (χ0n) is 16.7. The van der Waals surface area contributed by atoms with Crippen molar-refractivity contribution in [2.45, 2.75) is 45.3 Å². The molecule has 1 saturated carbocycles. The zero-order valence-corrected chi connectivity index (χ0v) is 16.7. The van der Waals surface area contributed by atoms with Crippen molar-refractivity contribution < 1.29 is 27.4 Å². The van der Waals surface area contributed by atoms with Gasteiger partial charge in [0.05, 0.1) is 19.1 Å². The van der Waals surface area contributed by atoms with Gasteiger partial charge in [0.2, 0.25) is 5.90 Å². The smallest absolute Gasteiger partial charge is 0.389 e. The highest BCUT2D eigenvalue weighted by Crippen LogP contribution is 2.31. The maximum Gasteiger partial charge on any atom is 0.389 e. The van der Waals surface area contributed by atoms with E-state index in [1.165, 1.54) is 0 Å². The molecule has 0 bridgehead atoms. The van der Waals surface area contributed by atoms with Crippen molar-refractivity contribution in [3.63, 3.8) is 0 Å². The van der Waals surface area contributed by atoms with E-state index in [0.717, 1.165) is 24.0 Å². The molecule has 1 aliphatic rings. The Morgan fingerprint density at radius 1 is 1.13 bits per heavy atom. The maximum atomic E-state index is 12.2. The van der Waals surface area contributed by atoms with E-state index in [0.29, 0.717) is 17.9 Å². The molecule has 0 N–H and O–H groups in total. The van der Waals surface area contributed by atoms with Crippen molar-refractivity contribution in [3.8, 4) is 5.75 Å². The Labute approximate surface area is 173 Å². The van der Waals surface area contributed by atoms with Gasteiger partial charge in [-0.15, -0.1) is 0 Å². The molecular formula is C23H24F3NO3. The van der Waals surface area contributed by atoms with Crippen molar-refractivity contribution >= 4 is 11.9 Å². The number of nitrogens with zero attached hydrogens (tertiary/aromatic N) is 1. The lowest BCUT2D eigenvalue weighted by molar-refractivity contribution is -0.137. The number of carbonyl (C=O) groups excluding carboxylic acids is 1. The third-order valence-electron chi connectivity index (χ3n) is 4.66. The average Bonchev–Trinajstić information content (AvgIpc) is 3.54. The molecule has 0 aliphatic heterocycles. The topological polar surface area (TPSA) is 47.9 Å². The fourth-order valence-corrected chi connectivity index (χ4v) is 2.85. The minimum absolute atomic E-state index is 0.0239. The number of benzene rings is 2. The molecule has 3 rings (SSSR count). The van der Waals surface area contributed by atoms with Crippen molar-refractivity contribution in [1.82, 2.24) is 0 Å². The van der Waals surface area contributed by atoms with Gasteiger partial charge in [-0.1, -0.05) is 30.3 Å². The molecule has 1 fully saturated rings. The first-order valence-corrected chi connectivity index (χ1v) is 9.92. The highest BCUT2D eigenvalue weighted by Gasteiger charge is 2.32. The molecule has 2 aromatic carbocycles. The lowest BCUT2D eigenvalue weighted by atomic mass is 10.1. The molecule has 0 amide bonds. The molecule has 4 nitrogen and oxygen atoms in total. The van der Waals surface area contributed by atoms with E-state index in [2.05, 4.69) is 4.99 Å². The first-order valence-electron chi connectivity index (χ1n) is 9.92. The van der Waals surface area contributed by atoms with Crippen molar-refractivity contribution in [2.75, 3.05) is 6.61 Å². The van der Waals surface area contributed by atoms with Gasteiger partial charge in [-0.25, -0.2) is 4.99 Å². The first-order chi connectivity index (χ1) is 14.3. The van der Waals surface area contributed by atoms with Crippen LogP contribution in [0.4, 0.5) is 13.2 Å². The Kier molecular flexibility index (Phi) is 7.13. The minimum atomic E-state index is -4.18. The van der Waals surface area contributed by atoms with E-state index in [-0.39, 0.29) is 30.8 Å². The van der Waals surface area contributed by atoms with E-state index in [1.54, 1.807) is 18.2 Å². The van der Waals surface area contributed by atoms with Gasteiger partial charge in [0.1, 0.15) is 5.75 Å². The van der Waals surface area contributed by atoms with Crippen LogP contribution in [0, 0.1) is 12.8 Å². The number of hydrogen-bond acceptors (Lipinski definition) is 4. The maximum absolute atomic E-state index is 12.2. The normalized spacial score (nSPS) is 14.5. The molecule has 0 aromatic heterocycles. The summed E-state index contributed by atoms with van der Waals surface area (Å²) in [6.07, 6.45) is -3.51. The third kappa shape index (κ3) is 6.90. The summed E-state index contributed by atoms with van der Waals surface area (Å²) in [7, 11) is 0. The number of hydrogen-bond donors (Lipinski definition) is 0. The Hall–Kier alpha value is -2.83. The number of rotatable bonds is 8. The predicted octanol–water partition coefficient (Wildman–Crippen LogP) is 5.62. The molecular weight excluding hydrogens is 395 g/mol. The fourth-order valence-electron chi connectivity index (χ4n) is 2.85. The first kappa shape index (κ1) is 21.9. The molecule has 0 radical (unpaired) electrons. The molecule has 0 unspecified atom stereocenters. The van der Waals surface area contributed by atoms with E-state index < -0.39 is 12.6 Å². The molecule has 30 heavy (non-hydrogen) atoms. The summed E-state index contributed by atoms with van der Waals surface area (Å²) in [5, 5.41) is 0. The lowest BCUT2D eigenvalue weighted by Crippen LogP contribution is -2.16. The van der Waals surface area contributed by atoms with Crippen molar-refractivity contribution in [1.29, 1.82) is 0 Å². The van der Waals surface area contributed by atoms with Crippen molar-refractivity contribution in [3.05, 3.63) is 65.2 Å². The van der Waals surface area contributed by atoms with Gasteiger partial charge in [-0.2, -0.15) is 13.2 Å². The molecule has 7 heteroatoms. The average molecular weight is 419 g/mol. The van der Waals surface area contributed by atoms with Gasteiger partial charge in [0, 0.05) is 12.0 Å². The van der Waals surface area contributed by atoms with Crippen LogP contribution in [0.15, 0.2) is 53.5 Å². The summed E-state index contributed by atoms with van der Waals surface area (Å²) in [5.41, 5.74) is 2.40. The number of esters is 1. The third-order valence-corrected chi connectivity index (χ3v) is 4.66. The van der Waals surface area contributed by atoms with Gasteiger partial charge in [0.15, 0.2) is 0 Å². The monoisotopic (exact) mass is 419 g/mol. The number of ether oxygens (including phenoxy) is 2. The number of aryl methyl sites for hydroxylation is 1. The number of carbonyl (C=O) groups is 1. The Morgan fingerprint density at radius 2 is 1.87 bits per heavy atom. The Morgan fingerprint density at radius 3 is 2.50 bits per heavy atom. The second-order valence-corrected chi connectivity index (χ2v) is 7.35. The minimum Gasteiger partial charge on any atom is -0.494 e. The predicted molar refractivity (Wildman–Crippen MR) is 107 cm³/mol. The van der Waals surface area contributed by atoms with Crippen LogP contribution in [0.25, 0.3) is 0 Å². The summed E-state index contributed by atoms with van der Waals surface area (Å²) in [6, 6.07) is 14.7. The Balaban J connectivity index is 1.71. The van der Waals surface area contributed by atoms with Crippen LogP contribution in [-0.4, -0.2) is 24.7 Å². The van der Waals surface area contributed by atoms with Crippen LogP contribution >= 0.6 is 0 Å².